The maximum atomic E-state index is 15.1. The first-order chi connectivity index (χ1) is 12.9. The molecule has 0 spiro atoms. The van der Waals surface area contributed by atoms with Gasteiger partial charge in [0.25, 0.3) is 0 Å². The van der Waals surface area contributed by atoms with Gasteiger partial charge in [0, 0.05) is 16.7 Å². The molecular weight excluding hydrogens is 387 g/mol. The van der Waals surface area contributed by atoms with Crippen LogP contribution < -0.4 is 0 Å². The number of Topliss-reactive ketones (excluding diaryl/α,β-unsaturated/α-hetero) is 1. The van der Waals surface area contributed by atoms with Crippen molar-refractivity contribution in [2.24, 2.45) is 22.7 Å². The van der Waals surface area contributed by atoms with Crippen LogP contribution in [0.5, 0.6) is 0 Å². The van der Waals surface area contributed by atoms with Crippen molar-refractivity contribution in [3.63, 3.8) is 0 Å². The minimum absolute atomic E-state index is 0.0438. The summed E-state index contributed by atoms with van der Waals surface area (Å²) in [7, 11) is 0. The number of ketones is 2. The lowest BCUT2D eigenvalue weighted by Gasteiger charge is -2.61. The molecule has 154 valence electrons. The van der Waals surface area contributed by atoms with Gasteiger partial charge in [0.1, 0.15) is 24.1 Å². The standard InChI is InChI=1S/C21H26ClFO5/c1-18-5-6-20(22)12(11(18)3-4-21(18,28)17(27)10-24)7-14(23)13-8-15(25)16(26)9-19(13,20)2/h7-8,11-12,16,24,26,28H,3-6,9-10H2,1-2H3/t11-,12-,16?,18-,19-,20+,21-/m0/s1. The average molecular weight is 413 g/mol. The van der Waals surface area contributed by atoms with Gasteiger partial charge in [-0.2, -0.15) is 0 Å². The quantitative estimate of drug-likeness (QED) is 0.604. The van der Waals surface area contributed by atoms with Gasteiger partial charge in [-0.05, 0) is 55.7 Å². The highest BCUT2D eigenvalue weighted by molar-refractivity contribution is 6.25. The molecule has 0 bridgehead atoms. The third kappa shape index (κ3) is 2.18. The van der Waals surface area contributed by atoms with E-state index in [-0.39, 0.29) is 24.3 Å². The Morgan fingerprint density at radius 1 is 1.32 bits per heavy atom. The van der Waals surface area contributed by atoms with Gasteiger partial charge < -0.3 is 15.3 Å². The predicted molar refractivity (Wildman–Crippen MR) is 100 cm³/mol. The van der Waals surface area contributed by atoms with Crippen LogP contribution in [0.25, 0.3) is 0 Å². The molecule has 0 amide bonds. The Kier molecular flexibility index (Phi) is 4.31. The number of carbonyl (C=O) groups excluding carboxylic acids is 2. The first kappa shape index (κ1) is 20.2. The number of aliphatic hydroxyl groups excluding tert-OH is 2. The van der Waals surface area contributed by atoms with Crippen molar-refractivity contribution in [3.8, 4) is 0 Å². The Morgan fingerprint density at radius 3 is 2.64 bits per heavy atom. The topological polar surface area (TPSA) is 94.8 Å². The Bertz CT molecular complexity index is 824. The molecule has 2 fully saturated rings. The fourth-order valence-corrected chi connectivity index (χ4v) is 7.11. The summed E-state index contributed by atoms with van der Waals surface area (Å²) in [6.45, 7) is 2.88. The van der Waals surface area contributed by atoms with Crippen LogP contribution in [0.1, 0.15) is 46.0 Å². The second-order valence-electron chi connectivity index (χ2n) is 9.42. The fourth-order valence-electron chi connectivity index (χ4n) is 6.62. The second-order valence-corrected chi connectivity index (χ2v) is 10.1. The van der Waals surface area contributed by atoms with Crippen LogP contribution in [0.3, 0.4) is 0 Å². The zero-order chi connectivity index (χ0) is 20.7. The van der Waals surface area contributed by atoms with Crippen molar-refractivity contribution >= 4 is 23.2 Å². The SMILES string of the molecule is C[C@]12CC(O)C(=O)C=C1C(F)=C[C@H]1[C@@H]3CC[C@](O)(C(=O)CO)[C@@]3(C)CC[C@@]12Cl. The molecule has 4 aliphatic carbocycles. The molecule has 0 aliphatic heterocycles. The van der Waals surface area contributed by atoms with Gasteiger partial charge in [-0.3, -0.25) is 9.59 Å². The molecule has 1 unspecified atom stereocenters. The fraction of sp³-hybridized carbons (Fsp3) is 0.714. The van der Waals surface area contributed by atoms with Gasteiger partial charge in [-0.1, -0.05) is 13.8 Å². The Labute approximate surface area is 168 Å². The van der Waals surface area contributed by atoms with Gasteiger partial charge in [0.05, 0.1) is 4.87 Å². The van der Waals surface area contributed by atoms with E-state index in [1.807, 2.05) is 6.92 Å². The summed E-state index contributed by atoms with van der Waals surface area (Å²) in [5.41, 5.74) is -3.19. The van der Waals surface area contributed by atoms with E-state index < -0.39 is 57.3 Å². The summed E-state index contributed by atoms with van der Waals surface area (Å²) < 4.78 is 15.1. The third-order valence-electron chi connectivity index (χ3n) is 8.47. The minimum atomic E-state index is -1.66. The van der Waals surface area contributed by atoms with Gasteiger partial charge in [0.15, 0.2) is 11.6 Å². The van der Waals surface area contributed by atoms with Crippen molar-refractivity contribution in [3.05, 3.63) is 23.6 Å². The number of carbonyl (C=O) groups is 2. The average Bonchev–Trinajstić information content (AvgIpc) is 2.92. The van der Waals surface area contributed by atoms with Crippen LogP contribution >= 0.6 is 11.6 Å². The maximum absolute atomic E-state index is 15.1. The Balaban J connectivity index is 1.84. The van der Waals surface area contributed by atoms with Crippen molar-refractivity contribution in [2.75, 3.05) is 6.61 Å². The number of hydrogen-bond acceptors (Lipinski definition) is 5. The van der Waals surface area contributed by atoms with Crippen LogP contribution in [0.4, 0.5) is 4.39 Å². The van der Waals surface area contributed by atoms with Crippen LogP contribution in [0.15, 0.2) is 23.6 Å². The highest BCUT2D eigenvalue weighted by Crippen LogP contribution is 2.70. The number of aliphatic hydroxyl groups is 3. The third-order valence-corrected chi connectivity index (χ3v) is 9.32. The maximum Gasteiger partial charge on any atom is 0.190 e. The van der Waals surface area contributed by atoms with Gasteiger partial charge in [-0.25, -0.2) is 4.39 Å². The molecular formula is C21H26ClFO5. The van der Waals surface area contributed by atoms with E-state index in [2.05, 4.69) is 0 Å². The largest absolute Gasteiger partial charge is 0.388 e. The summed E-state index contributed by atoms with van der Waals surface area (Å²) in [6, 6.07) is 0. The lowest BCUT2D eigenvalue weighted by molar-refractivity contribution is -0.161. The molecule has 7 atom stereocenters. The van der Waals surface area contributed by atoms with E-state index in [0.717, 1.165) is 0 Å². The van der Waals surface area contributed by atoms with Crippen LogP contribution in [-0.4, -0.2) is 50.1 Å². The molecule has 5 nitrogen and oxygen atoms in total. The van der Waals surface area contributed by atoms with E-state index in [4.69, 9.17) is 11.6 Å². The van der Waals surface area contributed by atoms with Crippen LogP contribution in [-0.2, 0) is 9.59 Å². The number of rotatable bonds is 2. The molecule has 7 heteroatoms. The van der Waals surface area contributed by atoms with E-state index in [1.165, 1.54) is 12.2 Å². The van der Waals surface area contributed by atoms with E-state index >= 15 is 4.39 Å². The number of halogens is 2. The molecule has 0 aromatic rings. The lowest BCUT2D eigenvalue weighted by atomic mass is 9.47. The number of alkyl halides is 1. The number of allylic oxidation sites excluding steroid dienone is 3. The van der Waals surface area contributed by atoms with Crippen molar-refractivity contribution in [1.82, 2.24) is 0 Å². The van der Waals surface area contributed by atoms with E-state index in [0.29, 0.717) is 19.3 Å². The monoisotopic (exact) mass is 412 g/mol. The van der Waals surface area contributed by atoms with Crippen LogP contribution in [0, 0.1) is 22.7 Å². The summed E-state index contributed by atoms with van der Waals surface area (Å²) in [5.74, 6) is -2.35. The van der Waals surface area contributed by atoms with E-state index in [1.54, 1.807) is 6.92 Å². The molecule has 4 aliphatic rings. The normalized spacial score (nSPS) is 50.2. The molecule has 2 saturated carbocycles. The highest BCUT2D eigenvalue weighted by Gasteiger charge is 2.70. The molecule has 3 N–H and O–H groups in total. The van der Waals surface area contributed by atoms with E-state index in [9.17, 15) is 24.9 Å². The van der Waals surface area contributed by atoms with Gasteiger partial charge in [0.2, 0.25) is 0 Å². The number of fused-ring (bicyclic) bond motifs is 5. The predicted octanol–water partition coefficient (Wildman–Crippen LogP) is 2.22. The molecule has 4 rings (SSSR count). The van der Waals surface area contributed by atoms with Gasteiger partial charge >= 0.3 is 0 Å². The minimum Gasteiger partial charge on any atom is -0.388 e. The van der Waals surface area contributed by atoms with Crippen LogP contribution in [0.2, 0.25) is 0 Å². The summed E-state index contributed by atoms with van der Waals surface area (Å²) in [6.07, 6.45) is 2.96. The molecule has 28 heavy (non-hydrogen) atoms. The Hall–Kier alpha value is -1.08. The summed E-state index contributed by atoms with van der Waals surface area (Å²) >= 11 is 7.21. The molecule has 0 aromatic carbocycles. The molecule has 0 aromatic heterocycles. The smallest absolute Gasteiger partial charge is 0.190 e. The summed E-state index contributed by atoms with van der Waals surface area (Å²) in [4.78, 5) is 23.4. The first-order valence-corrected chi connectivity index (χ1v) is 10.2. The zero-order valence-electron chi connectivity index (χ0n) is 16.0. The zero-order valence-corrected chi connectivity index (χ0v) is 16.8. The lowest BCUT2D eigenvalue weighted by Crippen LogP contribution is -2.63. The van der Waals surface area contributed by atoms with Crippen molar-refractivity contribution in [2.45, 2.75) is 62.5 Å². The molecule has 0 radical (unpaired) electrons. The number of hydrogen-bond donors (Lipinski definition) is 3. The highest BCUT2D eigenvalue weighted by atomic mass is 35.5. The Morgan fingerprint density at radius 2 is 2.00 bits per heavy atom. The molecule has 0 heterocycles. The summed E-state index contributed by atoms with van der Waals surface area (Å²) in [5, 5.41) is 30.7. The van der Waals surface area contributed by atoms with Crippen molar-refractivity contribution < 1.29 is 29.3 Å². The first-order valence-electron chi connectivity index (χ1n) is 9.82. The second kappa shape index (κ2) is 5.97. The van der Waals surface area contributed by atoms with Gasteiger partial charge in [-0.15, -0.1) is 11.6 Å². The molecule has 0 saturated heterocycles. The van der Waals surface area contributed by atoms with Crippen molar-refractivity contribution in [1.29, 1.82) is 0 Å².